The summed E-state index contributed by atoms with van der Waals surface area (Å²) in [4.78, 5) is 20.3. The topological polar surface area (TPSA) is 105 Å². The van der Waals surface area contributed by atoms with Gasteiger partial charge in [-0.3, -0.25) is 10.1 Å². The van der Waals surface area contributed by atoms with Crippen molar-refractivity contribution in [2.75, 3.05) is 0 Å². The third kappa shape index (κ3) is 3.12. The van der Waals surface area contributed by atoms with Crippen LogP contribution >= 0.6 is 0 Å². The van der Waals surface area contributed by atoms with Crippen molar-refractivity contribution in [3.05, 3.63) is 34.4 Å². The molecule has 7 heteroatoms. The first-order valence-electron chi connectivity index (χ1n) is 4.39. The van der Waals surface area contributed by atoms with Gasteiger partial charge in [0.15, 0.2) is 6.04 Å². The molecule has 0 aliphatic carbocycles. The number of azo groups is 1. The summed E-state index contributed by atoms with van der Waals surface area (Å²) in [5.41, 5.74) is 0.140. The van der Waals surface area contributed by atoms with Crippen molar-refractivity contribution in [1.82, 2.24) is 0 Å². The lowest BCUT2D eigenvalue weighted by molar-refractivity contribution is -0.384. The summed E-state index contributed by atoms with van der Waals surface area (Å²) in [7, 11) is 0. The minimum absolute atomic E-state index is 0.112. The SMILES string of the molecule is CC(N=Nc1cccc([N+](=O)[O-])c1)C(=O)O. The molecule has 0 aliphatic heterocycles. The number of carbonyl (C=O) groups is 1. The van der Waals surface area contributed by atoms with Crippen molar-refractivity contribution in [3.8, 4) is 0 Å². The number of nitro groups is 1. The average molecular weight is 223 g/mol. The Balaban J connectivity index is 2.85. The van der Waals surface area contributed by atoms with Gasteiger partial charge in [-0.15, -0.1) is 0 Å². The van der Waals surface area contributed by atoms with Crippen molar-refractivity contribution in [2.45, 2.75) is 13.0 Å². The molecule has 0 bridgehead atoms. The zero-order valence-electron chi connectivity index (χ0n) is 8.40. The molecule has 0 saturated carbocycles. The molecule has 0 aliphatic rings. The number of carboxylic acid groups (broad SMARTS) is 1. The Hall–Kier alpha value is -2.31. The van der Waals surface area contributed by atoms with Gasteiger partial charge < -0.3 is 5.11 Å². The van der Waals surface area contributed by atoms with Crippen LogP contribution in [0.2, 0.25) is 0 Å². The number of carboxylic acids is 1. The fourth-order valence-electron chi connectivity index (χ4n) is 0.871. The van der Waals surface area contributed by atoms with E-state index in [1.165, 1.54) is 31.2 Å². The van der Waals surface area contributed by atoms with E-state index >= 15 is 0 Å². The average Bonchev–Trinajstić information content (AvgIpc) is 2.26. The third-order valence-corrected chi connectivity index (χ3v) is 1.74. The lowest BCUT2D eigenvalue weighted by atomic mass is 10.3. The van der Waals surface area contributed by atoms with Crippen molar-refractivity contribution in [1.29, 1.82) is 0 Å². The highest BCUT2D eigenvalue weighted by atomic mass is 16.6. The Morgan fingerprint density at radius 3 is 2.81 bits per heavy atom. The molecule has 0 heterocycles. The molecule has 84 valence electrons. The summed E-state index contributed by atoms with van der Waals surface area (Å²) in [6.07, 6.45) is 0. The molecule has 1 unspecified atom stereocenters. The van der Waals surface area contributed by atoms with Crippen LogP contribution in [-0.2, 0) is 4.79 Å². The molecular formula is C9H9N3O4. The second kappa shape index (κ2) is 4.96. The van der Waals surface area contributed by atoms with E-state index in [4.69, 9.17) is 5.11 Å². The van der Waals surface area contributed by atoms with Crippen LogP contribution in [0.15, 0.2) is 34.5 Å². The van der Waals surface area contributed by atoms with Gasteiger partial charge in [0.2, 0.25) is 0 Å². The molecule has 1 N–H and O–H groups in total. The molecule has 0 fully saturated rings. The van der Waals surface area contributed by atoms with Crippen LogP contribution in [0.4, 0.5) is 11.4 Å². The molecule has 0 saturated heterocycles. The molecule has 1 aromatic carbocycles. The van der Waals surface area contributed by atoms with E-state index in [0.29, 0.717) is 0 Å². The van der Waals surface area contributed by atoms with Crippen LogP contribution in [-0.4, -0.2) is 22.0 Å². The molecule has 0 aromatic heterocycles. The number of nitrogens with zero attached hydrogens (tertiary/aromatic N) is 3. The summed E-state index contributed by atoms with van der Waals surface area (Å²) < 4.78 is 0. The van der Waals surface area contributed by atoms with E-state index in [9.17, 15) is 14.9 Å². The number of hydrogen-bond acceptors (Lipinski definition) is 5. The van der Waals surface area contributed by atoms with Gasteiger partial charge in [-0.1, -0.05) is 6.07 Å². The molecule has 16 heavy (non-hydrogen) atoms. The summed E-state index contributed by atoms with van der Waals surface area (Å²) in [5, 5.41) is 26.1. The highest BCUT2D eigenvalue weighted by molar-refractivity contribution is 5.72. The standard InChI is InChI=1S/C9H9N3O4/c1-6(9(13)14)10-11-7-3-2-4-8(5-7)12(15)16/h2-6H,1H3,(H,13,14). The highest BCUT2D eigenvalue weighted by Crippen LogP contribution is 2.20. The van der Waals surface area contributed by atoms with Gasteiger partial charge in [0.1, 0.15) is 0 Å². The Morgan fingerprint density at radius 2 is 2.25 bits per heavy atom. The quantitative estimate of drug-likeness (QED) is 0.479. The lowest BCUT2D eigenvalue weighted by Gasteiger charge is -1.96. The zero-order chi connectivity index (χ0) is 12.1. The van der Waals surface area contributed by atoms with Crippen molar-refractivity contribution in [3.63, 3.8) is 0 Å². The van der Waals surface area contributed by atoms with Gasteiger partial charge in [0.25, 0.3) is 5.69 Å². The van der Waals surface area contributed by atoms with Crippen LogP contribution in [0, 0.1) is 10.1 Å². The van der Waals surface area contributed by atoms with Crippen molar-refractivity contribution < 1.29 is 14.8 Å². The molecule has 7 nitrogen and oxygen atoms in total. The Bertz CT molecular complexity index is 444. The smallest absolute Gasteiger partial charge is 0.330 e. The van der Waals surface area contributed by atoms with Crippen LogP contribution < -0.4 is 0 Å². The third-order valence-electron chi connectivity index (χ3n) is 1.74. The maximum atomic E-state index is 10.4. The summed E-state index contributed by atoms with van der Waals surface area (Å²) in [5.74, 6) is -1.10. The maximum Gasteiger partial charge on any atom is 0.330 e. The number of hydrogen-bond donors (Lipinski definition) is 1. The molecule has 1 rings (SSSR count). The Kier molecular flexibility index (Phi) is 3.65. The number of aliphatic carboxylic acids is 1. The highest BCUT2D eigenvalue weighted by Gasteiger charge is 2.09. The van der Waals surface area contributed by atoms with Gasteiger partial charge in [-0.2, -0.15) is 10.2 Å². The van der Waals surface area contributed by atoms with Crippen LogP contribution in [0.1, 0.15) is 6.92 Å². The molecule has 0 spiro atoms. The van der Waals surface area contributed by atoms with Gasteiger partial charge in [0, 0.05) is 12.1 Å². The minimum Gasteiger partial charge on any atom is -0.480 e. The molecule has 1 aromatic rings. The predicted octanol–water partition coefficient (Wildman–Crippen LogP) is 2.15. The maximum absolute atomic E-state index is 10.4. The van der Waals surface area contributed by atoms with E-state index in [1.807, 2.05) is 0 Å². The second-order valence-corrected chi connectivity index (χ2v) is 3.01. The fourth-order valence-corrected chi connectivity index (χ4v) is 0.871. The Labute approximate surface area is 90.6 Å². The molecule has 0 amide bonds. The van der Waals surface area contributed by atoms with Gasteiger partial charge in [0.05, 0.1) is 10.6 Å². The number of benzene rings is 1. The number of rotatable bonds is 4. The van der Waals surface area contributed by atoms with Crippen LogP contribution in [0.5, 0.6) is 0 Å². The molecule has 0 radical (unpaired) electrons. The first-order valence-corrected chi connectivity index (χ1v) is 4.39. The predicted molar refractivity (Wildman–Crippen MR) is 54.7 cm³/mol. The summed E-state index contributed by atoms with van der Waals surface area (Å²) in [6.45, 7) is 1.36. The Morgan fingerprint density at radius 1 is 1.56 bits per heavy atom. The van der Waals surface area contributed by atoms with E-state index in [2.05, 4.69) is 10.2 Å². The lowest BCUT2D eigenvalue weighted by Crippen LogP contribution is -2.11. The van der Waals surface area contributed by atoms with Gasteiger partial charge >= 0.3 is 5.97 Å². The first-order chi connectivity index (χ1) is 7.50. The second-order valence-electron chi connectivity index (χ2n) is 3.01. The van der Waals surface area contributed by atoms with E-state index in [1.54, 1.807) is 0 Å². The molecular weight excluding hydrogens is 214 g/mol. The fraction of sp³-hybridized carbons (Fsp3) is 0.222. The monoisotopic (exact) mass is 223 g/mol. The largest absolute Gasteiger partial charge is 0.480 e. The van der Waals surface area contributed by atoms with E-state index < -0.39 is 16.9 Å². The van der Waals surface area contributed by atoms with Gasteiger partial charge in [-0.05, 0) is 13.0 Å². The van der Waals surface area contributed by atoms with Crippen LogP contribution in [0.25, 0.3) is 0 Å². The van der Waals surface area contributed by atoms with E-state index in [-0.39, 0.29) is 11.4 Å². The van der Waals surface area contributed by atoms with E-state index in [0.717, 1.165) is 0 Å². The summed E-state index contributed by atoms with van der Waals surface area (Å²) in [6, 6.07) is 4.53. The van der Waals surface area contributed by atoms with Gasteiger partial charge in [-0.25, -0.2) is 4.79 Å². The molecule has 1 atom stereocenters. The number of non-ortho nitro benzene ring substituents is 1. The summed E-state index contributed by atoms with van der Waals surface area (Å²) >= 11 is 0. The number of nitro benzene ring substituents is 1. The first kappa shape index (κ1) is 11.8. The van der Waals surface area contributed by atoms with Crippen LogP contribution in [0.3, 0.4) is 0 Å². The zero-order valence-corrected chi connectivity index (χ0v) is 8.40. The minimum atomic E-state index is -1.10. The normalized spacial score (nSPS) is 12.6. The van der Waals surface area contributed by atoms with Crippen molar-refractivity contribution >= 4 is 17.3 Å². The van der Waals surface area contributed by atoms with Crippen molar-refractivity contribution in [2.24, 2.45) is 10.2 Å².